The highest BCUT2D eigenvalue weighted by Gasteiger charge is 2.32. The zero-order valence-electron chi connectivity index (χ0n) is 12.5. The van der Waals surface area contributed by atoms with Crippen LogP contribution in [0.3, 0.4) is 0 Å². The van der Waals surface area contributed by atoms with Gasteiger partial charge in [0.05, 0.1) is 19.3 Å². The van der Waals surface area contributed by atoms with Gasteiger partial charge in [-0.15, -0.1) is 0 Å². The molecule has 0 spiro atoms. The first kappa shape index (κ1) is 15.9. The highest BCUT2D eigenvalue weighted by atomic mass is 16.6. The molecule has 5 nitrogen and oxygen atoms in total. The van der Waals surface area contributed by atoms with Crippen LogP contribution in [0, 0.1) is 5.92 Å². The number of aliphatic hydroxyl groups is 1. The van der Waals surface area contributed by atoms with E-state index in [9.17, 15) is 9.90 Å². The lowest BCUT2D eigenvalue weighted by Gasteiger charge is -2.26. The predicted molar refractivity (Wildman–Crippen MR) is 78.9 cm³/mol. The van der Waals surface area contributed by atoms with E-state index in [-0.39, 0.29) is 18.5 Å². The summed E-state index contributed by atoms with van der Waals surface area (Å²) < 4.78 is 10.9. The van der Waals surface area contributed by atoms with Gasteiger partial charge in [0.1, 0.15) is 12.1 Å². The maximum Gasteiger partial charge on any atom is 0.325 e. The van der Waals surface area contributed by atoms with Gasteiger partial charge in [-0.05, 0) is 26.0 Å². The van der Waals surface area contributed by atoms with Crippen LogP contribution >= 0.6 is 0 Å². The molecule has 0 amide bonds. The first-order valence-corrected chi connectivity index (χ1v) is 7.29. The number of ether oxygens (including phenoxy) is 2. The summed E-state index contributed by atoms with van der Waals surface area (Å²) in [4.78, 5) is 11.9. The molecule has 0 saturated carbocycles. The normalized spacial score (nSPS) is 30.9. The largest absolute Gasteiger partial charge is 0.459 e. The summed E-state index contributed by atoms with van der Waals surface area (Å²) >= 11 is 0. The van der Waals surface area contributed by atoms with E-state index in [1.54, 1.807) is 14.0 Å². The summed E-state index contributed by atoms with van der Waals surface area (Å²) in [7, 11) is 1.69. The number of cyclic esters (lactones) is 1. The zero-order chi connectivity index (χ0) is 15.2. The van der Waals surface area contributed by atoms with E-state index in [0.29, 0.717) is 13.0 Å². The average molecular weight is 293 g/mol. The highest BCUT2D eigenvalue weighted by molar-refractivity contribution is 5.76. The lowest BCUT2D eigenvalue weighted by molar-refractivity contribution is -0.157. The van der Waals surface area contributed by atoms with E-state index in [4.69, 9.17) is 9.47 Å². The summed E-state index contributed by atoms with van der Waals surface area (Å²) in [6, 6.07) is 9.45. The van der Waals surface area contributed by atoms with Crippen molar-refractivity contribution < 1.29 is 19.4 Å². The van der Waals surface area contributed by atoms with E-state index in [1.807, 2.05) is 30.3 Å². The highest BCUT2D eigenvalue weighted by Crippen LogP contribution is 2.19. The molecule has 0 aromatic heterocycles. The van der Waals surface area contributed by atoms with Crippen molar-refractivity contribution in [2.24, 2.45) is 5.92 Å². The van der Waals surface area contributed by atoms with E-state index in [0.717, 1.165) is 5.56 Å². The molecule has 0 bridgehead atoms. The molecule has 1 heterocycles. The monoisotopic (exact) mass is 293 g/mol. The number of aliphatic hydroxyl groups excluding tert-OH is 1. The van der Waals surface area contributed by atoms with Gasteiger partial charge in [-0.3, -0.25) is 4.79 Å². The van der Waals surface area contributed by atoms with Crippen LogP contribution in [0.25, 0.3) is 0 Å². The van der Waals surface area contributed by atoms with Crippen LogP contribution in [-0.2, 0) is 20.7 Å². The Hall–Kier alpha value is -1.43. The summed E-state index contributed by atoms with van der Waals surface area (Å²) in [6.07, 6.45) is -0.609. The molecular weight excluding hydrogens is 270 g/mol. The standard InChI is InChI=1S/C16H23NO4/c1-11-15(18)13(8-12-6-4-3-5-7-12)9-20-10-14(17-2)16(19)21-11/h3-7,11,13-15,17-18H,8-10H2,1-2H3/t11-,13-,14-,15-/m0/s1. The van der Waals surface area contributed by atoms with Crippen molar-refractivity contribution in [1.29, 1.82) is 0 Å². The van der Waals surface area contributed by atoms with Crippen molar-refractivity contribution in [3.05, 3.63) is 35.9 Å². The van der Waals surface area contributed by atoms with Crippen LogP contribution in [-0.4, -0.2) is 49.6 Å². The van der Waals surface area contributed by atoms with Gasteiger partial charge in [0.15, 0.2) is 0 Å². The Bertz CT molecular complexity index is 451. The van der Waals surface area contributed by atoms with Crippen molar-refractivity contribution in [1.82, 2.24) is 5.32 Å². The van der Waals surface area contributed by atoms with Gasteiger partial charge in [-0.25, -0.2) is 0 Å². The number of carbonyl (C=O) groups excluding carboxylic acids is 1. The van der Waals surface area contributed by atoms with Crippen molar-refractivity contribution in [3.63, 3.8) is 0 Å². The van der Waals surface area contributed by atoms with Gasteiger partial charge in [0.25, 0.3) is 0 Å². The molecule has 116 valence electrons. The van der Waals surface area contributed by atoms with Crippen molar-refractivity contribution >= 4 is 5.97 Å². The Morgan fingerprint density at radius 2 is 2.00 bits per heavy atom. The quantitative estimate of drug-likeness (QED) is 0.805. The molecule has 1 aromatic rings. The molecule has 0 unspecified atom stereocenters. The minimum Gasteiger partial charge on any atom is -0.459 e. The number of hydrogen-bond acceptors (Lipinski definition) is 5. The van der Waals surface area contributed by atoms with Crippen LogP contribution in [0.2, 0.25) is 0 Å². The zero-order valence-corrected chi connectivity index (χ0v) is 12.5. The smallest absolute Gasteiger partial charge is 0.325 e. The molecule has 0 aliphatic carbocycles. The summed E-state index contributed by atoms with van der Waals surface area (Å²) in [5.41, 5.74) is 1.13. The van der Waals surface area contributed by atoms with E-state index in [2.05, 4.69) is 5.32 Å². The molecule has 21 heavy (non-hydrogen) atoms. The van der Waals surface area contributed by atoms with Gasteiger partial charge in [-0.2, -0.15) is 0 Å². The van der Waals surface area contributed by atoms with E-state index >= 15 is 0 Å². The van der Waals surface area contributed by atoms with Crippen LogP contribution in [0.15, 0.2) is 30.3 Å². The fourth-order valence-electron chi connectivity index (χ4n) is 2.52. The fraction of sp³-hybridized carbons (Fsp3) is 0.562. The minimum absolute atomic E-state index is 0.106. The molecule has 4 atom stereocenters. The molecule has 1 fully saturated rings. The van der Waals surface area contributed by atoms with Gasteiger partial charge in [0.2, 0.25) is 0 Å². The molecular formula is C16H23NO4. The number of likely N-dealkylation sites (N-methyl/N-ethyl adjacent to an activating group) is 1. The third kappa shape index (κ3) is 4.27. The molecule has 1 aliphatic heterocycles. The topological polar surface area (TPSA) is 67.8 Å². The Morgan fingerprint density at radius 1 is 1.29 bits per heavy atom. The Labute approximate surface area is 125 Å². The maximum absolute atomic E-state index is 11.9. The lowest BCUT2D eigenvalue weighted by Crippen LogP contribution is -2.42. The second-order valence-corrected chi connectivity index (χ2v) is 5.46. The molecule has 2 rings (SSSR count). The third-order valence-corrected chi connectivity index (χ3v) is 3.86. The van der Waals surface area contributed by atoms with Gasteiger partial charge in [0, 0.05) is 5.92 Å². The summed E-state index contributed by atoms with van der Waals surface area (Å²) in [5, 5.41) is 13.3. The fourth-order valence-corrected chi connectivity index (χ4v) is 2.52. The lowest BCUT2D eigenvalue weighted by atomic mass is 9.92. The molecule has 1 aliphatic rings. The number of benzene rings is 1. The Kier molecular flexibility index (Phi) is 5.73. The van der Waals surface area contributed by atoms with Crippen molar-refractivity contribution in [3.8, 4) is 0 Å². The van der Waals surface area contributed by atoms with Gasteiger partial charge < -0.3 is 19.9 Å². The van der Waals surface area contributed by atoms with Crippen LogP contribution in [0.4, 0.5) is 0 Å². The van der Waals surface area contributed by atoms with Crippen LogP contribution < -0.4 is 5.32 Å². The maximum atomic E-state index is 11.9. The number of nitrogens with one attached hydrogen (secondary N) is 1. The van der Waals surface area contributed by atoms with Gasteiger partial charge >= 0.3 is 5.97 Å². The van der Waals surface area contributed by atoms with Crippen LogP contribution in [0.1, 0.15) is 12.5 Å². The van der Waals surface area contributed by atoms with Gasteiger partial charge in [-0.1, -0.05) is 30.3 Å². The number of esters is 1. The SMILES string of the molecule is CN[C@H]1COC[C@H](Cc2ccccc2)[C@@H](O)[C@H](C)OC1=O. The summed E-state index contributed by atoms with van der Waals surface area (Å²) in [5.74, 6) is -0.491. The number of rotatable bonds is 3. The summed E-state index contributed by atoms with van der Waals surface area (Å²) in [6.45, 7) is 2.37. The Balaban J connectivity index is 2.08. The van der Waals surface area contributed by atoms with E-state index in [1.165, 1.54) is 0 Å². The third-order valence-electron chi connectivity index (χ3n) is 3.86. The molecule has 5 heteroatoms. The molecule has 1 saturated heterocycles. The molecule has 2 N–H and O–H groups in total. The van der Waals surface area contributed by atoms with Crippen molar-refractivity contribution in [2.45, 2.75) is 31.6 Å². The average Bonchev–Trinajstić information content (AvgIpc) is 2.53. The number of hydrogen-bond donors (Lipinski definition) is 2. The first-order valence-electron chi connectivity index (χ1n) is 7.29. The molecule has 1 aromatic carbocycles. The number of carbonyl (C=O) groups is 1. The Morgan fingerprint density at radius 3 is 2.67 bits per heavy atom. The second kappa shape index (κ2) is 7.54. The predicted octanol–water partition coefficient (Wildman–Crippen LogP) is 0.756. The minimum atomic E-state index is -0.746. The second-order valence-electron chi connectivity index (χ2n) is 5.46. The van der Waals surface area contributed by atoms with E-state index < -0.39 is 18.2 Å². The molecule has 0 radical (unpaired) electrons. The van der Waals surface area contributed by atoms with Crippen LogP contribution in [0.5, 0.6) is 0 Å². The first-order chi connectivity index (χ1) is 10.1. The van der Waals surface area contributed by atoms with Crippen molar-refractivity contribution in [2.75, 3.05) is 20.3 Å².